The van der Waals surface area contributed by atoms with E-state index in [2.05, 4.69) is 10.3 Å². The summed E-state index contributed by atoms with van der Waals surface area (Å²) in [7, 11) is 0. The van der Waals surface area contributed by atoms with Crippen LogP contribution in [0.5, 0.6) is 0 Å². The molecule has 0 aliphatic heterocycles. The topological polar surface area (TPSA) is 84.1 Å². The molecule has 0 spiro atoms. The highest BCUT2D eigenvalue weighted by molar-refractivity contribution is 6.30. The predicted molar refractivity (Wildman–Crippen MR) is 125 cm³/mol. The maximum Gasteiger partial charge on any atom is 0.433 e. The van der Waals surface area contributed by atoms with E-state index in [1.54, 1.807) is 4.98 Å². The van der Waals surface area contributed by atoms with Crippen LogP contribution in [0.1, 0.15) is 35.2 Å². The van der Waals surface area contributed by atoms with Crippen LogP contribution in [0.2, 0.25) is 5.02 Å². The average Bonchev–Trinajstić information content (AvgIpc) is 2.79. The number of rotatable bonds is 7. The Morgan fingerprint density at radius 3 is 2.38 bits per heavy atom. The first-order valence-corrected chi connectivity index (χ1v) is 11.9. The first-order valence-electron chi connectivity index (χ1n) is 11.5. The summed E-state index contributed by atoms with van der Waals surface area (Å²) in [6.07, 6.45) is -10.2. The molecule has 2 N–H and O–H groups in total. The van der Waals surface area contributed by atoms with Gasteiger partial charge in [0, 0.05) is 29.1 Å². The SMILES string of the molecule is O=c1cc(C(F)(F)F)nc(-c2c(C(F)(F)F)ccc(CNC(=O)[C@H]3C[C@@H](OCc4cc(F)cc(Cl)c4)C3)c2F)[nH]1. The summed E-state index contributed by atoms with van der Waals surface area (Å²) in [5.41, 5.74) is -6.29. The smallest absolute Gasteiger partial charge is 0.373 e. The highest BCUT2D eigenvalue weighted by Crippen LogP contribution is 2.39. The van der Waals surface area contributed by atoms with Crippen LogP contribution in [0.25, 0.3) is 11.4 Å². The van der Waals surface area contributed by atoms with Gasteiger partial charge in [-0.25, -0.2) is 13.8 Å². The number of halogens is 9. The molecule has 0 atom stereocenters. The Morgan fingerprint density at radius 1 is 1.05 bits per heavy atom. The molecule has 0 radical (unpaired) electrons. The molecule has 1 fully saturated rings. The number of alkyl halides is 6. The summed E-state index contributed by atoms with van der Waals surface area (Å²) in [6.45, 7) is -0.551. The van der Waals surface area contributed by atoms with Crippen LogP contribution in [0.4, 0.5) is 35.1 Å². The summed E-state index contributed by atoms with van der Waals surface area (Å²) in [5.74, 6) is -4.52. The average molecular weight is 596 g/mol. The van der Waals surface area contributed by atoms with Gasteiger partial charge in [0.25, 0.3) is 5.56 Å². The fraction of sp³-hybridized carbons (Fsp3) is 0.320. The fourth-order valence-corrected chi connectivity index (χ4v) is 4.34. The summed E-state index contributed by atoms with van der Waals surface area (Å²) >= 11 is 5.79. The second-order valence-corrected chi connectivity index (χ2v) is 9.47. The van der Waals surface area contributed by atoms with Crippen LogP contribution in [0, 0.1) is 17.6 Å². The summed E-state index contributed by atoms with van der Waals surface area (Å²) < 4.78 is 114. The third kappa shape index (κ3) is 6.78. The lowest BCUT2D eigenvalue weighted by molar-refractivity contribution is -0.141. The van der Waals surface area contributed by atoms with E-state index in [1.165, 1.54) is 12.1 Å². The number of amides is 1. The van der Waals surface area contributed by atoms with Gasteiger partial charge >= 0.3 is 12.4 Å². The largest absolute Gasteiger partial charge is 0.433 e. The Morgan fingerprint density at radius 2 is 1.75 bits per heavy atom. The molecule has 1 aromatic heterocycles. The third-order valence-corrected chi connectivity index (χ3v) is 6.34. The van der Waals surface area contributed by atoms with Gasteiger partial charge in [0.05, 0.1) is 23.8 Å². The standard InChI is InChI=1S/C25H18ClF8N3O3/c26-14-3-11(4-15(27)7-14)10-40-16-5-13(6-16)23(39)35-9-12-1-2-17(24(29,30)31)20(21(12)28)22-36-18(25(32,33)34)8-19(38)37-22/h1-4,7-8,13,16H,5-6,9-10H2,(H,35,39)(H,36,37,38)/t13-,16+. The third-order valence-electron chi connectivity index (χ3n) is 6.12. The van der Waals surface area contributed by atoms with Crippen LogP contribution < -0.4 is 10.9 Å². The molecule has 214 valence electrons. The number of nitrogens with one attached hydrogen (secondary N) is 2. The maximum absolute atomic E-state index is 15.3. The van der Waals surface area contributed by atoms with Crippen molar-refractivity contribution in [3.8, 4) is 11.4 Å². The summed E-state index contributed by atoms with van der Waals surface area (Å²) in [6, 6.07) is 5.07. The maximum atomic E-state index is 15.3. The number of benzene rings is 2. The Balaban J connectivity index is 1.45. The van der Waals surface area contributed by atoms with Crippen molar-refractivity contribution in [2.75, 3.05) is 0 Å². The van der Waals surface area contributed by atoms with E-state index in [0.29, 0.717) is 11.6 Å². The monoisotopic (exact) mass is 595 g/mol. The Labute approximate surface area is 225 Å². The number of H-pyrrole nitrogens is 1. The van der Waals surface area contributed by atoms with E-state index >= 15 is 4.39 Å². The molecule has 1 heterocycles. The lowest BCUT2D eigenvalue weighted by Crippen LogP contribution is -2.42. The Bertz CT molecular complexity index is 1460. The van der Waals surface area contributed by atoms with Crippen LogP contribution >= 0.6 is 11.6 Å². The molecule has 4 rings (SSSR count). The lowest BCUT2D eigenvalue weighted by atomic mass is 9.81. The quantitative estimate of drug-likeness (QED) is 0.328. The van der Waals surface area contributed by atoms with Crippen LogP contribution in [-0.4, -0.2) is 22.0 Å². The summed E-state index contributed by atoms with van der Waals surface area (Å²) in [4.78, 5) is 28.9. The Hall–Kier alpha value is -3.52. The number of carbonyl (C=O) groups excluding carboxylic acids is 1. The highest BCUT2D eigenvalue weighted by Gasteiger charge is 2.39. The van der Waals surface area contributed by atoms with Crippen molar-refractivity contribution >= 4 is 17.5 Å². The molecule has 2 aromatic carbocycles. The van der Waals surface area contributed by atoms with Gasteiger partial charge in [0.15, 0.2) is 5.69 Å². The number of aromatic amines is 1. The van der Waals surface area contributed by atoms with Gasteiger partial charge in [-0.3, -0.25) is 9.59 Å². The van der Waals surface area contributed by atoms with Gasteiger partial charge < -0.3 is 15.0 Å². The number of hydrogen-bond donors (Lipinski definition) is 2. The molecule has 6 nitrogen and oxygen atoms in total. The van der Waals surface area contributed by atoms with Crippen molar-refractivity contribution in [3.05, 3.63) is 85.8 Å². The zero-order valence-electron chi connectivity index (χ0n) is 20.0. The Kier molecular flexibility index (Phi) is 8.22. The number of ether oxygens (including phenoxy) is 1. The minimum atomic E-state index is -5.21. The van der Waals surface area contributed by atoms with Crippen LogP contribution in [0.15, 0.2) is 41.2 Å². The van der Waals surface area contributed by atoms with Crippen molar-refractivity contribution < 1.29 is 44.7 Å². The molecule has 0 saturated heterocycles. The zero-order valence-corrected chi connectivity index (χ0v) is 20.8. The van der Waals surface area contributed by atoms with Gasteiger partial charge in [-0.05, 0) is 42.7 Å². The van der Waals surface area contributed by atoms with Crippen molar-refractivity contribution in [3.63, 3.8) is 0 Å². The van der Waals surface area contributed by atoms with Crippen LogP contribution in [-0.2, 0) is 35.0 Å². The first kappa shape index (κ1) is 29.5. The molecule has 1 amide bonds. The molecule has 40 heavy (non-hydrogen) atoms. The lowest BCUT2D eigenvalue weighted by Gasteiger charge is -2.34. The molecular formula is C25H18ClF8N3O3. The number of aromatic nitrogens is 2. The zero-order chi connectivity index (χ0) is 29.4. The minimum absolute atomic E-state index is 0.0294. The normalized spacial score (nSPS) is 17.4. The molecule has 1 aliphatic rings. The molecule has 1 saturated carbocycles. The summed E-state index contributed by atoms with van der Waals surface area (Å²) in [5, 5.41) is 2.57. The van der Waals surface area contributed by atoms with Gasteiger partial charge in [0.1, 0.15) is 17.5 Å². The molecule has 3 aromatic rings. The van der Waals surface area contributed by atoms with Crippen molar-refractivity contribution in [1.29, 1.82) is 0 Å². The fourth-order valence-electron chi connectivity index (χ4n) is 4.10. The first-order chi connectivity index (χ1) is 18.6. The van der Waals surface area contributed by atoms with Crippen LogP contribution in [0.3, 0.4) is 0 Å². The van der Waals surface area contributed by atoms with E-state index in [4.69, 9.17) is 16.3 Å². The van der Waals surface area contributed by atoms with E-state index < -0.39 is 76.1 Å². The van der Waals surface area contributed by atoms with E-state index in [-0.39, 0.29) is 36.6 Å². The van der Waals surface area contributed by atoms with Crippen molar-refractivity contribution in [2.24, 2.45) is 5.92 Å². The van der Waals surface area contributed by atoms with Gasteiger partial charge in [-0.1, -0.05) is 17.7 Å². The molecule has 0 bridgehead atoms. The van der Waals surface area contributed by atoms with Gasteiger partial charge in [-0.15, -0.1) is 0 Å². The van der Waals surface area contributed by atoms with E-state index in [0.717, 1.165) is 12.1 Å². The predicted octanol–water partition coefficient (Wildman–Crippen LogP) is 6.02. The molecular weight excluding hydrogens is 578 g/mol. The molecule has 15 heteroatoms. The van der Waals surface area contributed by atoms with E-state index in [9.17, 15) is 40.3 Å². The van der Waals surface area contributed by atoms with Crippen molar-refractivity contribution in [2.45, 2.75) is 44.4 Å². The number of carbonyl (C=O) groups is 1. The minimum Gasteiger partial charge on any atom is -0.373 e. The highest BCUT2D eigenvalue weighted by atomic mass is 35.5. The van der Waals surface area contributed by atoms with Gasteiger partial charge in [0.2, 0.25) is 5.91 Å². The van der Waals surface area contributed by atoms with E-state index in [1.807, 2.05) is 0 Å². The second kappa shape index (κ2) is 11.2. The second-order valence-electron chi connectivity index (χ2n) is 9.03. The van der Waals surface area contributed by atoms with Crippen molar-refractivity contribution in [1.82, 2.24) is 15.3 Å². The molecule has 0 unspecified atom stereocenters. The van der Waals surface area contributed by atoms with Gasteiger partial charge in [-0.2, -0.15) is 26.3 Å². The number of hydrogen-bond acceptors (Lipinski definition) is 4. The number of nitrogens with zero attached hydrogens (tertiary/aromatic N) is 1. The molecule has 1 aliphatic carbocycles.